The first-order valence-corrected chi connectivity index (χ1v) is 6.19. The van der Waals surface area contributed by atoms with Gasteiger partial charge in [-0.15, -0.1) is 0 Å². The fourth-order valence-electron chi connectivity index (χ4n) is 3.42. The van der Waals surface area contributed by atoms with Crippen molar-refractivity contribution in [3.8, 4) is 0 Å². The largest absolute Gasteiger partial charge is 0.371 e. The molecule has 1 heteroatoms. The van der Waals surface area contributed by atoms with E-state index in [4.69, 9.17) is 0 Å². The minimum Gasteiger partial charge on any atom is -0.371 e. The summed E-state index contributed by atoms with van der Waals surface area (Å²) in [5.74, 6) is 0.814. The molecule has 1 aliphatic carbocycles. The summed E-state index contributed by atoms with van der Waals surface area (Å²) in [6, 6.07) is 9.76. The molecule has 1 saturated carbocycles. The molecule has 0 spiro atoms. The van der Waals surface area contributed by atoms with Crippen LogP contribution in [0.5, 0.6) is 0 Å². The van der Waals surface area contributed by atoms with Gasteiger partial charge in [-0.3, -0.25) is 0 Å². The lowest BCUT2D eigenvalue weighted by atomic mass is 9.91. The summed E-state index contributed by atoms with van der Waals surface area (Å²) in [7, 11) is 2.27. The number of hydrogen-bond donors (Lipinski definition) is 0. The van der Waals surface area contributed by atoms with Gasteiger partial charge in [0, 0.05) is 24.7 Å². The van der Waals surface area contributed by atoms with Crippen LogP contribution in [0, 0.1) is 0 Å². The Morgan fingerprint density at radius 2 is 1.87 bits per heavy atom. The average molecular weight is 201 g/mol. The van der Waals surface area contributed by atoms with Crippen LogP contribution in [0.4, 0.5) is 5.69 Å². The zero-order valence-corrected chi connectivity index (χ0v) is 9.45. The van der Waals surface area contributed by atoms with E-state index in [9.17, 15) is 0 Å². The lowest BCUT2D eigenvalue weighted by molar-refractivity contribution is 0.518. The maximum absolute atomic E-state index is 2.52. The lowest BCUT2D eigenvalue weighted by Crippen LogP contribution is -2.29. The van der Waals surface area contributed by atoms with Crippen molar-refractivity contribution in [2.45, 2.75) is 44.1 Å². The van der Waals surface area contributed by atoms with Crippen LogP contribution in [0.1, 0.15) is 43.6 Å². The Balaban J connectivity index is 2.02. The number of benzene rings is 1. The molecule has 1 heterocycles. The van der Waals surface area contributed by atoms with Crippen molar-refractivity contribution in [1.82, 2.24) is 0 Å². The van der Waals surface area contributed by atoms with Crippen molar-refractivity contribution < 1.29 is 0 Å². The number of para-hydroxylation sites is 1. The van der Waals surface area contributed by atoms with Gasteiger partial charge in [0.1, 0.15) is 0 Å². The molecule has 15 heavy (non-hydrogen) atoms. The Labute approximate surface area is 92.1 Å². The molecule has 3 rings (SSSR count). The monoisotopic (exact) mass is 201 g/mol. The number of likely N-dealkylation sites (N-methyl/N-ethyl adjacent to an activating group) is 1. The molecule has 2 atom stereocenters. The molecule has 0 amide bonds. The van der Waals surface area contributed by atoms with E-state index >= 15 is 0 Å². The van der Waals surface area contributed by atoms with E-state index in [1.54, 1.807) is 5.56 Å². The first kappa shape index (κ1) is 9.26. The number of fused-ring (bicyclic) bond motifs is 3. The van der Waals surface area contributed by atoms with E-state index in [0.717, 1.165) is 12.0 Å². The zero-order chi connectivity index (χ0) is 10.3. The van der Waals surface area contributed by atoms with E-state index < -0.39 is 0 Å². The van der Waals surface area contributed by atoms with Gasteiger partial charge in [-0.2, -0.15) is 0 Å². The van der Waals surface area contributed by atoms with Crippen molar-refractivity contribution in [1.29, 1.82) is 0 Å². The molecule has 1 nitrogen and oxygen atoms in total. The van der Waals surface area contributed by atoms with Crippen LogP contribution in [0.15, 0.2) is 24.3 Å². The summed E-state index contributed by atoms with van der Waals surface area (Å²) >= 11 is 0. The van der Waals surface area contributed by atoms with E-state index in [-0.39, 0.29) is 0 Å². The second-order valence-corrected chi connectivity index (χ2v) is 4.98. The smallest absolute Gasteiger partial charge is 0.0402 e. The van der Waals surface area contributed by atoms with Gasteiger partial charge in [0.25, 0.3) is 0 Å². The molecule has 0 aromatic heterocycles. The molecule has 1 aromatic rings. The quantitative estimate of drug-likeness (QED) is 0.620. The molecule has 2 aliphatic rings. The highest BCUT2D eigenvalue weighted by Gasteiger charge is 2.36. The first-order valence-electron chi connectivity index (χ1n) is 6.19. The first-order chi connectivity index (χ1) is 7.38. The standard InChI is InChI=1S/C14H19N/c1-15-13-9-4-2-3-7-11(13)12-8-5-6-10-14(12)15/h5-6,8,10-11,13H,2-4,7,9H2,1H3. The van der Waals surface area contributed by atoms with Crippen LogP contribution in [-0.4, -0.2) is 13.1 Å². The van der Waals surface area contributed by atoms with Crippen LogP contribution >= 0.6 is 0 Å². The van der Waals surface area contributed by atoms with Crippen LogP contribution in [0.2, 0.25) is 0 Å². The maximum Gasteiger partial charge on any atom is 0.0402 e. The van der Waals surface area contributed by atoms with E-state index in [1.807, 2.05) is 0 Å². The molecule has 80 valence electrons. The predicted molar refractivity (Wildman–Crippen MR) is 64.5 cm³/mol. The third-order valence-electron chi connectivity index (χ3n) is 4.19. The van der Waals surface area contributed by atoms with Gasteiger partial charge >= 0.3 is 0 Å². The summed E-state index contributed by atoms with van der Waals surface area (Å²) < 4.78 is 0. The Kier molecular flexibility index (Phi) is 2.19. The number of rotatable bonds is 0. The highest BCUT2D eigenvalue weighted by Crippen LogP contribution is 2.45. The molecule has 0 bridgehead atoms. The molecular formula is C14H19N. The number of nitrogens with zero attached hydrogens (tertiary/aromatic N) is 1. The second-order valence-electron chi connectivity index (χ2n) is 4.98. The molecule has 2 unspecified atom stereocenters. The summed E-state index contributed by atoms with van der Waals surface area (Å²) in [6.45, 7) is 0. The SMILES string of the molecule is CN1c2ccccc2C2CCCCCC21. The van der Waals surface area contributed by atoms with Gasteiger partial charge in [-0.1, -0.05) is 37.5 Å². The molecule has 1 aliphatic heterocycles. The van der Waals surface area contributed by atoms with Crippen LogP contribution in [-0.2, 0) is 0 Å². The topological polar surface area (TPSA) is 3.24 Å². The number of anilines is 1. The second kappa shape index (κ2) is 3.55. The third kappa shape index (κ3) is 1.37. The normalized spacial score (nSPS) is 29.5. The molecule has 1 aromatic carbocycles. The highest BCUT2D eigenvalue weighted by atomic mass is 15.2. The van der Waals surface area contributed by atoms with Crippen molar-refractivity contribution in [3.63, 3.8) is 0 Å². The van der Waals surface area contributed by atoms with Crippen LogP contribution in [0.3, 0.4) is 0 Å². The van der Waals surface area contributed by atoms with Gasteiger partial charge in [0.05, 0.1) is 0 Å². The van der Waals surface area contributed by atoms with Crippen LogP contribution in [0.25, 0.3) is 0 Å². The molecular weight excluding hydrogens is 182 g/mol. The van der Waals surface area contributed by atoms with Gasteiger partial charge in [-0.05, 0) is 24.5 Å². The van der Waals surface area contributed by atoms with Crippen molar-refractivity contribution in [3.05, 3.63) is 29.8 Å². The van der Waals surface area contributed by atoms with Gasteiger partial charge < -0.3 is 4.90 Å². The van der Waals surface area contributed by atoms with Gasteiger partial charge in [-0.25, -0.2) is 0 Å². The lowest BCUT2D eigenvalue weighted by Gasteiger charge is -2.25. The molecule has 0 radical (unpaired) electrons. The van der Waals surface area contributed by atoms with Crippen molar-refractivity contribution >= 4 is 5.69 Å². The van der Waals surface area contributed by atoms with E-state index in [0.29, 0.717) is 0 Å². The number of hydrogen-bond acceptors (Lipinski definition) is 1. The predicted octanol–water partition coefficient (Wildman–Crippen LogP) is 3.55. The minimum absolute atomic E-state index is 0.782. The Morgan fingerprint density at radius 3 is 2.80 bits per heavy atom. The average Bonchev–Trinajstić information content (AvgIpc) is 2.48. The summed E-state index contributed by atoms with van der Waals surface area (Å²) in [6.07, 6.45) is 7.05. The Morgan fingerprint density at radius 1 is 1.07 bits per heavy atom. The van der Waals surface area contributed by atoms with Gasteiger partial charge in [0.2, 0.25) is 0 Å². The summed E-state index contributed by atoms with van der Waals surface area (Å²) in [5, 5.41) is 0. The molecule has 0 N–H and O–H groups in total. The van der Waals surface area contributed by atoms with Crippen molar-refractivity contribution in [2.24, 2.45) is 0 Å². The van der Waals surface area contributed by atoms with E-state index in [1.165, 1.54) is 37.8 Å². The summed E-state index contributed by atoms with van der Waals surface area (Å²) in [4.78, 5) is 2.52. The van der Waals surface area contributed by atoms with Crippen LogP contribution < -0.4 is 4.90 Å². The van der Waals surface area contributed by atoms with Gasteiger partial charge in [0.15, 0.2) is 0 Å². The zero-order valence-electron chi connectivity index (χ0n) is 9.45. The Hall–Kier alpha value is -0.980. The fourth-order valence-corrected chi connectivity index (χ4v) is 3.42. The third-order valence-corrected chi connectivity index (χ3v) is 4.19. The maximum atomic E-state index is 2.52. The fraction of sp³-hybridized carbons (Fsp3) is 0.571. The molecule has 0 saturated heterocycles. The minimum atomic E-state index is 0.782. The van der Waals surface area contributed by atoms with E-state index in [2.05, 4.69) is 36.2 Å². The summed E-state index contributed by atoms with van der Waals surface area (Å²) in [5.41, 5.74) is 3.08. The highest BCUT2D eigenvalue weighted by molar-refractivity contribution is 5.61. The van der Waals surface area contributed by atoms with Crippen molar-refractivity contribution in [2.75, 3.05) is 11.9 Å². The Bertz CT molecular complexity index is 358. The molecule has 1 fully saturated rings.